The van der Waals surface area contributed by atoms with Crippen LogP contribution in [0.3, 0.4) is 0 Å². The third-order valence-corrected chi connectivity index (χ3v) is 6.20. The van der Waals surface area contributed by atoms with Crippen LogP contribution in [-0.4, -0.2) is 27.3 Å². The van der Waals surface area contributed by atoms with Gasteiger partial charge >= 0.3 is 11.9 Å². The molecule has 0 aliphatic carbocycles. The molecule has 0 bridgehead atoms. The van der Waals surface area contributed by atoms with E-state index in [2.05, 4.69) is 0 Å². The number of benzene rings is 3. The van der Waals surface area contributed by atoms with Gasteiger partial charge in [0.2, 0.25) is 0 Å². The Hall–Kier alpha value is -3.80. The number of carboxylic acid groups (broad SMARTS) is 1. The first-order valence-corrected chi connectivity index (χ1v) is 9.78. The van der Waals surface area contributed by atoms with Crippen molar-refractivity contribution >= 4 is 11.9 Å². The summed E-state index contributed by atoms with van der Waals surface area (Å²) in [5.41, 5.74) is 3.12. The average Bonchev–Trinajstić information content (AvgIpc) is 3.02. The number of carbonyl (C=O) groups excluding carboxylic acids is 1. The maximum atomic E-state index is 12.9. The maximum Gasteiger partial charge on any atom is 0.340 e. The van der Waals surface area contributed by atoms with Crippen molar-refractivity contribution < 1.29 is 29.6 Å². The molecule has 4 rings (SSSR count). The van der Waals surface area contributed by atoms with Gasteiger partial charge in [0.05, 0.1) is 11.1 Å². The molecule has 0 fully saturated rings. The zero-order valence-electron chi connectivity index (χ0n) is 17.6. The van der Waals surface area contributed by atoms with Crippen molar-refractivity contribution in [3.63, 3.8) is 0 Å². The van der Waals surface area contributed by atoms with E-state index in [1.54, 1.807) is 32.0 Å². The van der Waals surface area contributed by atoms with Gasteiger partial charge in [0, 0.05) is 16.7 Å². The van der Waals surface area contributed by atoms with Crippen LogP contribution in [0.15, 0.2) is 42.5 Å². The van der Waals surface area contributed by atoms with Crippen LogP contribution < -0.4 is 0 Å². The Balaban J connectivity index is 2.11. The number of carbonyl (C=O) groups is 2. The molecule has 6 heteroatoms. The molecule has 0 atom stereocenters. The van der Waals surface area contributed by atoms with E-state index in [4.69, 9.17) is 4.74 Å². The van der Waals surface area contributed by atoms with E-state index in [1.807, 2.05) is 26.0 Å². The molecular formula is C25H22O6. The summed E-state index contributed by atoms with van der Waals surface area (Å²) in [4.78, 5) is 24.4. The van der Waals surface area contributed by atoms with Crippen molar-refractivity contribution in [1.29, 1.82) is 0 Å². The molecule has 1 aliphatic rings. The smallest absolute Gasteiger partial charge is 0.340 e. The van der Waals surface area contributed by atoms with Gasteiger partial charge in [-0.25, -0.2) is 9.59 Å². The van der Waals surface area contributed by atoms with E-state index in [0.717, 1.165) is 11.1 Å². The molecule has 0 unspecified atom stereocenters. The summed E-state index contributed by atoms with van der Waals surface area (Å²) >= 11 is 0. The lowest BCUT2D eigenvalue weighted by atomic mass is 9.78. The van der Waals surface area contributed by atoms with Crippen LogP contribution in [0.1, 0.15) is 59.7 Å². The number of carboxylic acids is 1. The van der Waals surface area contributed by atoms with E-state index in [-0.39, 0.29) is 22.6 Å². The Morgan fingerprint density at radius 1 is 0.839 bits per heavy atom. The van der Waals surface area contributed by atoms with E-state index in [1.165, 1.54) is 12.1 Å². The molecule has 1 aliphatic heterocycles. The van der Waals surface area contributed by atoms with E-state index >= 15 is 0 Å². The number of aryl methyl sites for hydroxylation is 2. The van der Waals surface area contributed by atoms with Crippen LogP contribution in [0.2, 0.25) is 0 Å². The van der Waals surface area contributed by atoms with Crippen LogP contribution in [0, 0.1) is 27.7 Å². The predicted molar refractivity (Wildman–Crippen MR) is 114 cm³/mol. The van der Waals surface area contributed by atoms with Crippen molar-refractivity contribution in [1.82, 2.24) is 0 Å². The van der Waals surface area contributed by atoms with Gasteiger partial charge in [-0.1, -0.05) is 18.2 Å². The fourth-order valence-electron chi connectivity index (χ4n) is 4.09. The second kappa shape index (κ2) is 6.87. The quantitative estimate of drug-likeness (QED) is 0.542. The Labute approximate surface area is 179 Å². The molecule has 0 amide bonds. The number of aromatic hydroxyl groups is 2. The summed E-state index contributed by atoms with van der Waals surface area (Å²) in [5, 5.41) is 30.4. The monoisotopic (exact) mass is 418 g/mol. The van der Waals surface area contributed by atoms with Gasteiger partial charge in [0.1, 0.15) is 11.5 Å². The Morgan fingerprint density at radius 2 is 1.35 bits per heavy atom. The molecule has 3 N–H and O–H groups in total. The van der Waals surface area contributed by atoms with Gasteiger partial charge in [-0.3, -0.25) is 0 Å². The number of aromatic carboxylic acids is 1. The van der Waals surface area contributed by atoms with Crippen LogP contribution in [0.5, 0.6) is 11.5 Å². The molecule has 0 saturated carbocycles. The molecule has 0 radical (unpaired) electrons. The minimum atomic E-state index is -1.45. The molecule has 3 aromatic carbocycles. The fraction of sp³-hybridized carbons (Fsp3) is 0.200. The highest BCUT2D eigenvalue weighted by molar-refractivity contribution is 5.99. The third-order valence-electron chi connectivity index (χ3n) is 6.20. The van der Waals surface area contributed by atoms with E-state index in [0.29, 0.717) is 27.8 Å². The minimum Gasteiger partial charge on any atom is -0.508 e. The first-order valence-electron chi connectivity index (χ1n) is 9.78. The zero-order valence-corrected chi connectivity index (χ0v) is 17.6. The minimum absolute atomic E-state index is 0.0302. The highest BCUT2D eigenvalue weighted by atomic mass is 16.6. The standard InChI is InChI=1S/C25H22O6/c1-12-7-17(10-21(26)14(12)3)25(18-8-13(2)15(4)22(27)11-18)20-6-5-16(23(28)29)9-19(20)24(30)31-25/h5-11,26-27H,1-4H3,(H,28,29). The lowest BCUT2D eigenvalue weighted by Gasteiger charge is -2.31. The Bertz CT molecular complexity index is 1170. The van der Waals surface area contributed by atoms with Gasteiger partial charge < -0.3 is 20.1 Å². The summed E-state index contributed by atoms with van der Waals surface area (Å²) < 4.78 is 5.97. The SMILES string of the molecule is Cc1cc(C2(c3cc(C)c(C)c(O)c3)OC(=O)c3cc(C(=O)O)ccc32)cc(O)c1C. The molecule has 1 heterocycles. The van der Waals surface area contributed by atoms with Crippen LogP contribution in [0.25, 0.3) is 0 Å². The number of ether oxygens (including phenoxy) is 1. The van der Waals surface area contributed by atoms with E-state index < -0.39 is 17.5 Å². The lowest BCUT2D eigenvalue weighted by Crippen LogP contribution is -2.30. The molecule has 158 valence electrons. The van der Waals surface area contributed by atoms with Crippen molar-refractivity contribution in [2.24, 2.45) is 0 Å². The first-order chi connectivity index (χ1) is 14.6. The number of hydrogen-bond acceptors (Lipinski definition) is 5. The summed E-state index contributed by atoms with van der Waals surface area (Å²) in [6, 6.07) is 11.0. The second-order valence-corrected chi connectivity index (χ2v) is 8.01. The number of cyclic esters (lactones) is 1. The van der Waals surface area contributed by atoms with Crippen LogP contribution in [-0.2, 0) is 10.3 Å². The summed E-state index contributed by atoms with van der Waals surface area (Å²) in [6.45, 7) is 7.26. The molecule has 0 aromatic heterocycles. The Morgan fingerprint density at radius 3 is 1.81 bits per heavy atom. The summed E-state index contributed by atoms with van der Waals surface area (Å²) in [6.07, 6.45) is 0. The highest BCUT2D eigenvalue weighted by Crippen LogP contribution is 2.49. The van der Waals surface area contributed by atoms with Gasteiger partial charge in [-0.05, 0) is 74.2 Å². The zero-order chi connectivity index (χ0) is 22.7. The first kappa shape index (κ1) is 20.5. The topological polar surface area (TPSA) is 104 Å². The molecule has 0 spiro atoms. The number of phenolic OH excluding ortho intramolecular Hbond substituents is 2. The molecule has 0 saturated heterocycles. The third kappa shape index (κ3) is 2.94. The second-order valence-electron chi connectivity index (χ2n) is 8.01. The number of rotatable bonds is 3. The van der Waals surface area contributed by atoms with E-state index in [9.17, 15) is 24.9 Å². The maximum absolute atomic E-state index is 12.9. The van der Waals surface area contributed by atoms with Gasteiger partial charge in [-0.15, -0.1) is 0 Å². The molecule has 31 heavy (non-hydrogen) atoms. The summed E-state index contributed by atoms with van der Waals surface area (Å²) in [7, 11) is 0. The molecule has 3 aromatic rings. The molecular weight excluding hydrogens is 396 g/mol. The average molecular weight is 418 g/mol. The fourth-order valence-corrected chi connectivity index (χ4v) is 4.09. The van der Waals surface area contributed by atoms with Gasteiger partial charge in [0.15, 0.2) is 5.60 Å². The van der Waals surface area contributed by atoms with Crippen molar-refractivity contribution in [2.75, 3.05) is 0 Å². The van der Waals surface area contributed by atoms with Gasteiger partial charge in [-0.2, -0.15) is 0 Å². The molecule has 6 nitrogen and oxygen atoms in total. The van der Waals surface area contributed by atoms with Crippen molar-refractivity contribution in [2.45, 2.75) is 33.3 Å². The normalized spacial score (nSPS) is 14.3. The number of phenols is 2. The number of esters is 1. The van der Waals surface area contributed by atoms with Crippen LogP contribution >= 0.6 is 0 Å². The van der Waals surface area contributed by atoms with Crippen molar-refractivity contribution in [3.05, 3.63) is 92.5 Å². The lowest BCUT2D eigenvalue weighted by molar-refractivity contribution is 0.0249. The van der Waals surface area contributed by atoms with Crippen LogP contribution in [0.4, 0.5) is 0 Å². The largest absolute Gasteiger partial charge is 0.508 e. The summed E-state index contributed by atoms with van der Waals surface area (Å²) in [5.74, 6) is -1.72. The predicted octanol–water partition coefficient (Wildman–Crippen LogP) is 4.49. The Kier molecular flexibility index (Phi) is 4.54. The van der Waals surface area contributed by atoms with Crippen molar-refractivity contribution in [3.8, 4) is 11.5 Å². The number of fused-ring (bicyclic) bond motifs is 1. The van der Waals surface area contributed by atoms with Gasteiger partial charge in [0.25, 0.3) is 0 Å². The highest BCUT2D eigenvalue weighted by Gasteiger charge is 2.49. The number of hydrogen-bond donors (Lipinski definition) is 3.